The molecule has 2 aromatic rings. The Bertz CT molecular complexity index is 811. The first-order chi connectivity index (χ1) is 13.0. The number of piperidine rings is 1. The van der Waals surface area contributed by atoms with E-state index in [-0.39, 0.29) is 5.91 Å². The van der Waals surface area contributed by atoms with Gasteiger partial charge in [-0.25, -0.2) is 4.98 Å². The summed E-state index contributed by atoms with van der Waals surface area (Å²) < 4.78 is 10.6. The monoisotopic (exact) mass is 389 g/mol. The van der Waals surface area contributed by atoms with Crippen molar-refractivity contribution in [3.63, 3.8) is 0 Å². The standard InChI is InChI=1S/C20H24ClN3O3/c1-13-5-4-8-24(12-13)20(25)16-7-6-14(11-22-16)23-17-10-18(26-2)15(21)9-19(17)27-3/h6-7,9-11,13,23H,4-5,8,12H2,1-3H3. The minimum atomic E-state index is -0.0150. The first-order valence-electron chi connectivity index (χ1n) is 8.95. The smallest absolute Gasteiger partial charge is 0.272 e. The molecule has 27 heavy (non-hydrogen) atoms. The van der Waals surface area contributed by atoms with Crippen molar-refractivity contribution in [3.05, 3.63) is 41.2 Å². The van der Waals surface area contributed by atoms with E-state index in [0.29, 0.717) is 33.8 Å². The number of carbonyl (C=O) groups is 1. The van der Waals surface area contributed by atoms with Crippen molar-refractivity contribution < 1.29 is 14.3 Å². The lowest BCUT2D eigenvalue weighted by molar-refractivity contribution is 0.0677. The van der Waals surface area contributed by atoms with Crippen molar-refractivity contribution in [2.75, 3.05) is 32.6 Å². The van der Waals surface area contributed by atoms with Gasteiger partial charge in [-0.05, 0) is 30.9 Å². The number of methoxy groups -OCH3 is 2. The SMILES string of the molecule is COc1cc(Nc2ccc(C(=O)N3CCCC(C)C3)nc2)c(OC)cc1Cl. The number of nitrogens with zero attached hydrogens (tertiary/aromatic N) is 2. The molecule has 0 spiro atoms. The van der Waals surface area contributed by atoms with Gasteiger partial charge >= 0.3 is 0 Å². The molecule has 7 heteroatoms. The van der Waals surface area contributed by atoms with Gasteiger partial charge in [-0.1, -0.05) is 18.5 Å². The van der Waals surface area contributed by atoms with Crippen molar-refractivity contribution >= 4 is 28.9 Å². The molecule has 144 valence electrons. The van der Waals surface area contributed by atoms with E-state index in [2.05, 4.69) is 17.2 Å². The largest absolute Gasteiger partial charge is 0.495 e. The summed E-state index contributed by atoms with van der Waals surface area (Å²) in [5.74, 6) is 1.65. The number of aromatic nitrogens is 1. The molecule has 6 nitrogen and oxygen atoms in total. The third-order valence-electron chi connectivity index (χ3n) is 4.68. The Balaban J connectivity index is 1.75. The molecule has 0 bridgehead atoms. The van der Waals surface area contributed by atoms with Gasteiger partial charge in [-0.3, -0.25) is 4.79 Å². The molecule has 0 aliphatic carbocycles. The van der Waals surface area contributed by atoms with Crippen molar-refractivity contribution in [3.8, 4) is 11.5 Å². The maximum Gasteiger partial charge on any atom is 0.272 e. The molecule has 1 saturated heterocycles. The third-order valence-corrected chi connectivity index (χ3v) is 4.98. The fourth-order valence-corrected chi connectivity index (χ4v) is 3.47. The predicted octanol–water partition coefficient (Wildman–Crippen LogP) is 4.37. The van der Waals surface area contributed by atoms with Crippen molar-refractivity contribution in [1.82, 2.24) is 9.88 Å². The molecule has 3 rings (SSSR count). The number of benzene rings is 1. The number of rotatable bonds is 5. The number of amides is 1. The quantitative estimate of drug-likeness (QED) is 0.822. The highest BCUT2D eigenvalue weighted by Crippen LogP contribution is 2.37. The average Bonchev–Trinajstić information content (AvgIpc) is 2.69. The van der Waals surface area contributed by atoms with Crippen LogP contribution in [0.2, 0.25) is 5.02 Å². The summed E-state index contributed by atoms with van der Waals surface area (Å²) in [5, 5.41) is 3.69. The van der Waals surface area contributed by atoms with Crippen LogP contribution in [0.1, 0.15) is 30.3 Å². The zero-order chi connectivity index (χ0) is 19.4. The van der Waals surface area contributed by atoms with E-state index in [1.807, 2.05) is 11.0 Å². The zero-order valence-electron chi connectivity index (χ0n) is 15.8. The van der Waals surface area contributed by atoms with Gasteiger partial charge in [0.2, 0.25) is 0 Å². The molecule has 1 atom stereocenters. The van der Waals surface area contributed by atoms with E-state index < -0.39 is 0 Å². The maximum atomic E-state index is 12.6. The summed E-state index contributed by atoms with van der Waals surface area (Å²) in [7, 11) is 3.13. The Morgan fingerprint density at radius 1 is 1.26 bits per heavy atom. The first kappa shape index (κ1) is 19.3. The Labute approximate surface area is 164 Å². The lowest BCUT2D eigenvalue weighted by atomic mass is 10.00. The Morgan fingerprint density at radius 2 is 2.04 bits per heavy atom. The van der Waals surface area contributed by atoms with Crippen LogP contribution in [-0.4, -0.2) is 43.1 Å². The summed E-state index contributed by atoms with van der Waals surface area (Å²) in [6, 6.07) is 7.01. The number of halogens is 1. The summed E-state index contributed by atoms with van der Waals surface area (Å²) >= 11 is 6.14. The van der Waals surface area contributed by atoms with E-state index in [1.165, 1.54) is 6.42 Å². The predicted molar refractivity (Wildman–Crippen MR) is 106 cm³/mol. The van der Waals surface area contributed by atoms with Gasteiger partial charge in [-0.15, -0.1) is 0 Å². The minimum absolute atomic E-state index is 0.0150. The topological polar surface area (TPSA) is 63.7 Å². The Morgan fingerprint density at radius 3 is 2.67 bits per heavy atom. The van der Waals surface area contributed by atoms with Gasteiger partial charge in [0.05, 0.1) is 36.8 Å². The molecule has 2 heterocycles. The number of hydrogen-bond acceptors (Lipinski definition) is 5. The highest BCUT2D eigenvalue weighted by Gasteiger charge is 2.22. The normalized spacial score (nSPS) is 16.7. The van der Waals surface area contributed by atoms with Gasteiger partial charge in [-0.2, -0.15) is 0 Å². The highest BCUT2D eigenvalue weighted by atomic mass is 35.5. The van der Waals surface area contributed by atoms with Gasteiger partial charge in [0.1, 0.15) is 17.2 Å². The van der Waals surface area contributed by atoms with Crippen LogP contribution in [0.3, 0.4) is 0 Å². The number of ether oxygens (including phenoxy) is 2. The number of anilines is 2. The first-order valence-corrected chi connectivity index (χ1v) is 9.33. The molecule has 1 amide bonds. The molecule has 0 saturated carbocycles. The van der Waals surface area contributed by atoms with E-state index in [0.717, 1.165) is 25.2 Å². The summed E-state index contributed by atoms with van der Waals surface area (Å²) in [6.07, 6.45) is 3.86. The highest BCUT2D eigenvalue weighted by molar-refractivity contribution is 6.32. The van der Waals surface area contributed by atoms with Crippen molar-refractivity contribution in [2.24, 2.45) is 5.92 Å². The van der Waals surface area contributed by atoms with E-state index in [1.54, 1.807) is 38.6 Å². The molecule has 1 aliphatic heterocycles. The average molecular weight is 390 g/mol. The molecule has 1 aromatic carbocycles. The van der Waals surface area contributed by atoms with E-state index in [9.17, 15) is 4.79 Å². The summed E-state index contributed by atoms with van der Waals surface area (Å²) in [5.41, 5.74) is 1.89. The second kappa shape index (κ2) is 8.48. The molecular weight excluding hydrogens is 366 g/mol. The second-order valence-electron chi connectivity index (χ2n) is 6.74. The Hall–Kier alpha value is -2.47. The number of hydrogen-bond donors (Lipinski definition) is 1. The zero-order valence-corrected chi connectivity index (χ0v) is 16.5. The molecular formula is C20H24ClN3O3. The fourth-order valence-electron chi connectivity index (χ4n) is 3.24. The molecule has 1 aliphatic rings. The van der Waals surface area contributed by atoms with E-state index in [4.69, 9.17) is 21.1 Å². The van der Waals surface area contributed by atoms with Gasteiger partial charge < -0.3 is 19.7 Å². The molecule has 1 fully saturated rings. The molecule has 1 aromatic heterocycles. The Kier molecular flexibility index (Phi) is 6.06. The minimum Gasteiger partial charge on any atom is -0.495 e. The second-order valence-corrected chi connectivity index (χ2v) is 7.15. The fraction of sp³-hybridized carbons (Fsp3) is 0.400. The van der Waals surface area contributed by atoms with Gasteiger partial charge in [0.15, 0.2) is 0 Å². The van der Waals surface area contributed by atoms with E-state index >= 15 is 0 Å². The molecule has 1 unspecified atom stereocenters. The van der Waals surface area contributed by atoms with Crippen LogP contribution in [0.25, 0.3) is 0 Å². The van der Waals surface area contributed by atoms with Crippen LogP contribution in [0.5, 0.6) is 11.5 Å². The number of likely N-dealkylation sites (tertiary alicyclic amines) is 1. The van der Waals surface area contributed by atoms with Crippen LogP contribution >= 0.6 is 11.6 Å². The molecule has 1 N–H and O–H groups in total. The van der Waals surface area contributed by atoms with Gasteiger partial charge in [0, 0.05) is 25.2 Å². The van der Waals surface area contributed by atoms with Gasteiger partial charge in [0.25, 0.3) is 5.91 Å². The lowest BCUT2D eigenvalue weighted by Gasteiger charge is -2.30. The third kappa shape index (κ3) is 4.45. The maximum absolute atomic E-state index is 12.6. The number of carbonyl (C=O) groups excluding carboxylic acids is 1. The lowest BCUT2D eigenvalue weighted by Crippen LogP contribution is -2.39. The number of pyridine rings is 1. The van der Waals surface area contributed by atoms with Crippen molar-refractivity contribution in [1.29, 1.82) is 0 Å². The van der Waals surface area contributed by atoms with Crippen LogP contribution in [0.15, 0.2) is 30.5 Å². The van der Waals surface area contributed by atoms with Crippen LogP contribution in [0, 0.1) is 5.92 Å². The summed E-state index contributed by atoms with van der Waals surface area (Å²) in [4.78, 5) is 18.9. The molecule has 0 radical (unpaired) electrons. The number of nitrogens with one attached hydrogen (secondary N) is 1. The van der Waals surface area contributed by atoms with Crippen molar-refractivity contribution in [2.45, 2.75) is 19.8 Å². The van der Waals surface area contributed by atoms with Crippen LogP contribution < -0.4 is 14.8 Å². The van der Waals surface area contributed by atoms with Crippen LogP contribution in [0.4, 0.5) is 11.4 Å². The van der Waals surface area contributed by atoms with Crippen LogP contribution in [-0.2, 0) is 0 Å². The summed E-state index contributed by atoms with van der Waals surface area (Å²) in [6.45, 7) is 3.77.